The van der Waals surface area contributed by atoms with Crippen molar-refractivity contribution in [3.8, 4) is 5.75 Å². The summed E-state index contributed by atoms with van der Waals surface area (Å²) in [5.41, 5.74) is -0.0197. The number of aromatic carboxylic acids is 1. The van der Waals surface area contributed by atoms with Crippen molar-refractivity contribution in [3.63, 3.8) is 0 Å². The normalized spacial score (nSPS) is 9.57. The Labute approximate surface area is 85.1 Å². The summed E-state index contributed by atoms with van der Waals surface area (Å²) in [5.74, 6) is -1.52. The maximum atomic E-state index is 10.6. The second-order valence-electron chi connectivity index (χ2n) is 2.57. The van der Waals surface area contributed by atoms with E-state index >= 15 is 0 Å². The highest BCUT2D eigenvalue weighted by Gasteiger charge is 2.07. The Kier molecular flexibility index (Phi) is 3.09. The molecule has 0 spiro atoms. The smallest absolute Gasteiger partial charge is 0.335 e. The maximum absolute atomic E-state index is 10.6. The summed E-state index contributed by atoms with van der Waals surface area (Å²) in [6, 6.07) is 3.88. The summed E-state index contributed by atoms with van der Waals surface area (Å²) < 4.78 is 4.70. The number of ether oxygens (including phenoxy) is 1. The first-order valence-electron chi connectivity index (χ1n) is 3.71. The van der Waals surface area contributed by atoms with Gasteiger partial charge < -0.3 is 9.84 Å². The molecule has 0 bridgehead atoms. The minimum Gasteiger partial charge on any atom is -0.478 e. The summed E-state index contributed by atoms with van der Waals surface area (Å²) >= 11 is 5.62. The highest BCUT2D eigenvalue weighted by atomic mass is 35.5. The molecule has 4 nitrogen and oxygen atoms in total. The molecular formula is C9H7ClO4. The van der Waals surface area contributed by atoms with E-state index in [-0.39, 0.29) is 16.3 Å². The fraction of sp³-hybridized carbons (Fsp3) is 0.111. The van der Waals surface area contributed by atoms with E-state index in [2.05, 4.69) is 0 Å². The number of carbonyl (C=O) groups is 2. The Balaban J connectivity index is 3.07. The van der Waals surface area contributed by atoms with E-state index in [1.165, 1.54) is 25.1 Å². The van der Waals surface area contributed by atoms with Crippen LogP contribution in [-0.2, 0) is 4.79 Å². The van der Waals surface area contributed by atoms with E-state index in [0.29, 0.717) is 0 Å². The molecule has 74 valence electrons. The van der Waals surface area contributed by atoms with Gasteiger partial charge in [-0.2, -0.15) is 0 Å². The van der Waals surface area contributed by atoms with E-state index in [4.69, 9.17) is 21.4 Å². The van der Waals surface area contributed by atoms with Gasteiger partial charge in [-0.15, -0.1) is 0 Å². The van der Waals surface area contributed by atoms with Crippen LogP contribution in [0, 0.1) is 0 Å². The van der Waals surface area contributed by atoms with Crippen LogP contribution in [0.15, 0.2) is 18.2 Å². The lowest BCUT2D eigenvalue weighted by Gasteiger charge is -2.02. The van der Waals surface area contributed by atoms with Crippen LogP contribution in [0.4, 0.5) is 0 Å². The lowest BCUT2D eigenvalue weighted by molar-refractivity contribution is -0.131. The molecule has 0 saturated heterocycles. The quantitative estimate of drug-likeness (QED) is 0.604. The number of hydrogen-bond donors (Lipinski definition) is 1. The Morgan fingerprint density at radius 3 is 2.50 bits per heavy atom. The number of rotatable bonds is 2. The molecule has 1 N–H and O–H groups in total. The molecule has 0 atom stereocenters. The third-order valence-electron chi connectivity index (χ3n) is 1.38. The fourth-order valence-corrected chi connectivity index (χ4v) is 1.14. The number of esters is 1. The van der Waals surface area contributed by atoms with Crippen molar-refractivity contribution in [2.24, 2.45) is 0 Å². The number of benzene rings is 1. The van der Waals surface area contributed by atoms with Crippen LogP contribution < -0.4 is 4.74 Å². The highest BCUT2D eigenvalue weighted by molar-refractivity contribution is 6.31. The largest absolute Gasteiger partial charge is 0.478 e. The number of hydrogen-bond acceptors (Lipinski definition) is 3. The van der Waals surface area contributed by atoms with Gasteiger partial charge in [-0.25, -0.2) is 4.79 Å². The third kappa shape index (κ3) is 2.74. The summed E-state index contributed by atoms with van der Waals surface area (Å²) in [6.45, 7) is 1.22. The van der Waals surface area contributed by atoms with Crippen molar-refractivity contribution >= 4 is 23.5 Å². The molecule has 1 aromatic rings. The van der Waals surface area contributed by atoms with Gasteiger partial charge in [0.25, 0.3) is 0 Å². The Morgan fingerprint density at radius 1 is 1.36 bits per heavy atom. The molecule has 0 amide bonds. The van der Waals surface area contributed by atoms with Crippen molar-refractivity contribution in [1.82, 2.24) is 0 Å². The van der Waals surface area contributed by atoms with E-state index in [0.717, 1.165) is 0 Å². The van der Waals surface area contributed by atoms with Gasteiger partial charge in [0.2, 0.25) is 0 Å². The lowest BCUT2D eigenvalue weighted by atomic mass is 10.2. The highest BCUT2D eigenvalue weighted by Crippen LogP contribution is 2.21. The van der Waals surface area contributed by atoms with E-state index in [1.54, 1.807) is 0 Å². The Morgan fingerprint density at radius 2 is 2.00 bits per heavy atom. The molecule has 0 aliphatic carbocycles. The fourth-order valence-electron chi connectivity index (χ4n) is 0.911. The summed E-state index contributed by atoms with van der Waals surface area (Å²) in [7, 11) is 0. The molecule has 0 aliphatic heterocycles. The molecule has 0 saturated carbocycles. The van der Waals surface area contributed by atoms with Crippen molar-refractivity contribution < 1.29 is 19.4 Å². The average molecular weight is 215 g/mol. The lowest BCUT2D eigenvalue weighted by Crippen LogP contribution is -2.03. The van der Waals surface area contributed by atoms with Crippen LogP contribution in [0.2, 0.25) is 5.02 Å². The standard InChI is InChI=1S/C9H7ClO4/c1-5(11)14-8-3-6(9(12)13)2-7(10)4-8/h2-4H,1H3,(H,12,13). The first kappa shape index (κ1) is 10.5. The van der Waals surface area contributed by atoms with Gasteiger partial charge in [-0.3, -0.25) is 4.79 Å². The minimum atomic E-state index is -1.12. The molecule has 5 heteroatoms. The maximum Gasteiger partial charge on any atom is 0.335 e. The number of carboxylic acid groups (broad SMARTS) is 1. The van der Waals surface area contributed by atoms with Gasteiger partial charge >= 0.3 is 11.9 Å². The first-order chi connectivity index (χ1) is 6.49. The first-order valence-corrected chi connectivity index (χ1v) is 4.09. The topological polar surface area (TPSA) is 63.6 Å². The average Bonchev–Trinajstić information content (AvgIpc) is 2.01. The molecule has 0 radical (unpaired) electrons. The van der Waals surface area contributed by atoms with Gasteiger partial charge in [0.05, 0.1) is 5.56 Å². The van der Waals surface area contributed by atoms with Crippen molar-refractivity contribution in [2.45, 2.75) is 6.92 Å². The molecule has 1 aromatic carbocycles. The van der Waals surface area contributed by atoms with Gasteiger partial charge in [-0.05, 0) is 18.2 Å². The van der Waals surface area contributed by atoms with Crippen LogP contribution in [0.5, 0.6) is 5.75 Å². The van der Waals surface area contributed by atoms with E-state index in [1.807, 2.05) is 0 Å². The molecule has 0 aromatic heterocycles. The minimum absolute atomic E-state index is 0.0197. The van der Waals surface area contributed by atoms with Crippen molar-refractivity contribution in [1.29, 1.82) is 0 Å². The molecule has 0 aliphatic rings. The SMILES string of the molecule is CC(=O)Oc1cc(Cl)cc(C(=O)O)c1. The summed E-state index contributed by atoms with van der Waals surface area (Å²) in [4.78, 5) is 21.2. The number of halogens is 1. The third-order valence-corrected chi connectivity index (χ3v) is 1.60. The molecule has 14 heavy (non-hydrogen) atoms. The monoisotopic (exact) mass is 214 g/mol. The molecular weight excluding hydrogens is 208 g/mol. The summed E-state index contributed by atoms with van der Waals surface area (Å²) in [5, 5.41) is 8.88. The van der Waals surface area contributed by atoms with E-state index in [9.17, 15) is 9.59 Å². The van der Waals surface area contributed by atoms with Crippen LogP contribution in [0.3, 0.4) is 0 Å². The molecule has 1 rings (SSSR count). The molecule has 0 heterocycles. The van der Waals surface area contributed by atoms with Crippen LogP contribution in [0.25, 0.3) is 0 Å². The molecule has 0 fully saturated rings. The van der Waals surface area contributed by atoms with Gasteiger partial charge in [0.15, 0.2) is 0 Å². The number of carboxylic acids is 1. The zero-order valence-electron chi connectivity index (χ0n) is 7.28. The summed E-state index contributed by atoms with van der Waals surface area (Å²) in [6.07, 6.45) is 0. The van der Waals surface area contributed by atoms with Crippen LogP contribution in [-0.4, -0.2) is 17.0 Å². The van der Waals surface area contributed by atoms with Crippen molar-refractivity contribution in [2.75, 3.05) is 0 Å². The Hall–Kier alpha value is -1.55. The second-order valence-corrected chi connectivity index (χ2v) is 3.01. The Bertz CT molecular complexity index is 386. The zero-order chi connectivity index (χ0) is 10.7. The van der Waals surface area contributed by atoms with Crippen molar-refractivity contribution in [3.05, 3.63) is 28.8 Å². The predicted molar refractivity (Wildman–Crippen MR) is 49.7 cm³/mol. The van der Waals surface area contributed by atoms with Gasteiger partial charge in [-0.1, -0.05) is 11.6 Å². The van der Waals surface area contributed by atoms with Crippen LogP contribution >= 0.6 is 11.6 Å². The predicted octanol–water partition coefficient (Wildman–Crippen LogP) is 1.96. The van der Waals surface area contributed by atoms with Gasteiger partial charge in [0, 0.05) is 11.9 Å². The zero-order valence-corrected chi connectivity index (χ0v) is 8.04. The van der Waals surface area contributed by atoms with Crippen LogP contribution in [0.1, 0.15) is 17.3 Å². The number of carbonyl (C=O) groups excluding carboxylic acids is 1. The van der Waals surface area contributed by atoms with E-state index < -0.39 is 11.9 Å². The van der Waals surface area contributed by atoms with Gasteiger partial charge in [0.1, 0.15) is 5.75 Å². The second kappa shape index (κ2) is 4.11. The molecule has 0 unspecified atom stereocenters.